The SMILES string of the molecule is Cc1cnc2c(c1N1CCCCC1C)c(=O)n(C)c(=O)n2C. The average molecular weight is 302 g/mol. The Balaban J connectivity index is 2.41. The van der Waals surface area contributed by atoms with Crippen LogP contribution in [0.3, 0.4) is 0 Å². The maximum Gasteiger partial charge on any atom is 0.332 e. The molecule has 2 aromatic heterocycles. The molecule has 22 heavy (non-hydrogen) atoms. The molecule has 1 saturated heterocycles. The van der Waals surface area contributed by atoms with Gasteiger partial charge in [-0.15, -0.1) is 0 Å². The monoisotopic (exact) mass is 302 g/mol. The van der Waals surface area contributed by atoms with E-state index in [0.717, 1.165) is 30.6 Å². The molecule has 1 atom stereocenters. The zero-order valence-corrected chi connectivity index (χ0v) is 13.6. The number of rotatable bonds is 1. The fourth-order valence-electron chi connectivity index (χ4n) is 3.41. The molecule has 1 aliphatic rings. The summed E-state index contributed by atoms with van der Waals surface area (Å²) in [6.07, 6.45) is 5.23. The van der Waals surface area contributed by atoms with E-state index in [1.165, 1.54) is 22.6 Å². The summed E-state index contributed by atoms with van der Waals surface area (Å²) in [6, 6.07) is 0.389. The molecule has 1 aliphatic heterocycles. The summed E-state index contributed by atoms with van der Waals surface area (Å²) in [6.45, 7) is 5.11. The zero-order valence-electron chi connectivity index (χ0n) is 13.6. The van der Waals surface area contributed by atoms with Crippen molar-refractivity contribution in [2.24, 2.45) is 14.1 Å². The van der Waals surface area contributed by atoms with Gasteiger partial charge in [0, 0.05) is 32.9 Å². The van der Waals surface area contributed by atoms with Crippen molar-refractivity contribution in [2.75, 3.05) is 11.4 Å². The third-order valence-corrected chi connectivity index (χ3v) is 4.71. The number of anilines is 1. The summed E-state index contributed by atoms with van der Waals surface area (Å²) in [5.74, 6) is 0. The first-order valence-corrected chi connectivity index (χ1v) is 7.75. The van der Waals surface area contributed by atoms with Gasteiger partial charge in [-0.2, -0.15) is 0 Å². The van der Waals surface area contributed by atoms with Gasteiger partial charge < -0.3 is 4.90 Å². The molecule has 1 fully saturated rings. The van der Waals surface area contributed by atoms with Gasteiger partial charge in [0.15, 0.2) is 5.65 Å². The van der Waals surface area contributed by atoms with Crippen molar-refractivity contribution in [1.29, 1.82) is 0 Å². The molecule has 3 rings (SSSR count). The molecular weight excluding hydrogens is 280 g/mol. The average Bonchev–Trinajstić information content (AvgIpc) is 2.51. The van der Waals surface area contributed by atoms with Crippen molar-refractivity contribution in [1.82, 2.24) is 14.1 Å². The number of aromatic nitrogens is 3. The predicted octanol–water partition coefficient (Wildman–Crippen LogP) is 1.32. The first kappa shape index (κ1) is 14.8. The molecule has 6 heteroatoms. The Labute approximate surface area is 129 Å². The molecule has 0 radical (unpaired) electrons. The van der Waals surface area contributed by atoms with E-state index in [4.69, 9.17) is 0 Å². The molecule has 6 nitrogen and oxygen atoms in total. The molecule has 0 amide bonds. The van der Waals surface area contributed by atoms with Gasteiger partial charge in [-0.25, -0.2) is 9.78 Å². The highest BCUT2D eigenvalue weighted by atomic mass is 16.2. The van der Waals surface area contributed by atoms with E-state index in [1.807, 2.05) is 6.92 Å². The first-order valence-electron chi connectivity index (χ1n) is 7.75. The fraction of sp³-hybridized carbons (Fsp3) is 0.562. The van der Waals surface area contributed by atoms with Crippen LogP contribution in [0.15, 0.2) is 15.8 Å². The summed E-state index contributed by atoms with van der Waals surface area (Å²) in [5, 5.41) is 0.554. The molecule has 0 spiro atoms. The highest BCUT2D eigenvalue weighted by Gasteiger charge is 2.25. The number of fused-ring (bicyclic) bond motifs is 1. The first-order chi connectivity index (χ1) is 10.4. The van der Waals surface area contributed by atoms with Crippen molar-refractivity contribution in [3.8, 4) is 0 Å². The van der Waals surface area contributed by atoms with Gasteiger partial charge in [-0.3, -0.25) is 13.9 Å². The van der Waals surface area contributed by atoms with Gasteiger partial charge in [0.2, 0.25) is 0 Å². The Morgan fingerprint density at radius 1 is 1.18 bits per heavy atom. The van der Waals surface area contributed by atoms with Crippen molar-refractivity contribution in [2.45, 2.75) is 39.2 Å². The normalized spacial score (nSPS) is 18.9. The molecule has 3 heterocycles. The summed E-state index contributed by atoms with van der Waals surface area (Å²) < 4.78 is 2.62. The van der Waals surface area contributed by atoms with Gasteiger partial charge in [-0.1, -0.05) is 0 Å². The molecule has 2 aromatic rings. The third-order valence-electron chi connectivity index (χ3n) is 4.71. The molecular formula is C16H22N4O2. The lowest BCUT2D eigenvalue weighted by atomic mass is 10.0. The Morgan fingerprint density at radius 3 is 2.59 bits per heavy atom. The predicted molar refractivity (Wildman–Crippen MR) is 87.6 cm³/mol. The van der Waals surface area contributed by atoms with E-state index in [1.54, 1.807) is 13.2 Å². The topological polar surface area (TPSA) is 60.1 Å². The second-order valence-corrected chi connectivity index (χ2v) is 6.23. The molecule has 0 saturated carbocycles. The van der Waals surface area contributed by atoms with Crippen LogP contribution in [0.5, 0.6) is 0 Å². The van der Waals surface area contributed by atoms with Gasteiger partial charge >= 0.3 is 5.69 Å². The number of hydrogen-bond donors (Lipinski definition) is 0. The lowest BCUT2D eigenvalue weighted by Crippen LogP contribution is -2.41. The summed E-state index contributed by atoms with van der Waals surface area (Å²) in [4.78, 5) is 31.5. The van der Waals surface area contributed by atoms with Crippen LogP contribution < -0.4 is 16.1 Å². The number of piperidine rings is 1. The van der Waals surface area contributed by atoms with Gasteiger partial charge in [-0.05, 0) is 38.7 Å². The highest BCUT2D eigenvalue weighted by Crippen LogP contribution is 2.31. The number of nitrogens with zero attached hydrogens (tertiary/aromatic N) is 4. The highest BCUT2D eigenvalue weighted by molar-refractivity contribution is 5.90. The van der Waals surface area contributed by atoms with Crippen LogP contribution in [0.25, 0.3) is 11.0 Å². The number of hydrogen-bond acceptors (Lipinski definition) is 4. The van der Waals surface area contributed by atoms with Crippen LogP contribution in [-0.4, -0.2) is 26.7 Å². The van der Waals surface area contributed by atoms with Crippen molar-refractivity contribution in [3.05, 3.63) is 32.6 Å². The van der Waals surface area contributed by atoms with Crippen molar-refractivity contribution >= 4 is 16.7 Å². The van der Waals surface area contributed by atoms with Crippen LogP contribution in [0.4, 0.5) is 5.69 Å². The Kier molecular flexibility index (Phi) is 3.54. The molecule has 118 valence electrons. The number of pyridine rings is 1. The minimum Gasteiger partial charge on any atom is -0.368 e. The van der Waals surface area contributed by atoms with E-state index in [0.29, 0.717) is 17.1 Å². The maximum atomic E-state index is 12.7. The molecule has 0 N–H and O–H groups in total. The second-order valence-electron chi connectivity index (χ2n) is 6.23. The maximum absolute atomic E-state index is 12.7. The second kappa shape index (κ2) is 5.26. The van der Waals surface area contributed by atoms with Gasteiger partial charge in [0.1, 0.15) is 5.39 Å². The standard InChI is InChI=1S/C16H22N4O2/c1-10-9-17-14-12(15(21)19(4)16(22)18(14)3)13(10)20-8-6-5-7-11(20)2/h9,11H,5-8H2,1-4H3. The lowest BCUT2D eigenvalue weighted by Gasteiger charge is -2.36. The van der Waals surface area contributed by atoms with E-state index >= 15 is 0 Å². The van der Waals surface area contributed by atoms with Crippen molar-refractivity contribution in [3.63, 3.8) is 0 Å². The van der Waals surface area contributed by atoms with Crippen LogP contribution in [-0.2, 0) is 14.1 Å². The van der Waals surface area contributed by atoms with Gasteiger partial charge in [0.05, 0.1) is 5.69 Å². The number of aryl methyl sites for hydroxylation is 2. The summed E-state index contributed by atoms with van der Waals surface area (Å²) in [5.41, 5.74) is 1.78. The largest absolute Gasteiger partial charge is 0.368 e. The molecule has 0 aromatic carbocycles. The van der Waals surface area contributed by atoms with Crippen LogP contribution in [0.1, 0.15) is 31.7 Å². The fourth-order valence-corrected chi connectivity index (χ4v) is 3.41. The molecule has 0 bridgehead atoms. The minimum absolute atomic E-state index is 0.262. The van der Waals surface area contributed by atoms with Gasteiger partial charge in [0.25, 0.3) is 5.56 Å². The van der Waals surface area contributed by atoms with Crippen LogP contribution in [0, 0.1) is 6.92 Å². The molecule has 1 unspecified atom stereocenters. The third kappa shape index (κ3) is 2.05. The Hall–Kier alpha value is -2.11. The Morgan fingerprint density at radius 2 is 1.91 bits per heavy atom. The quantitative estimate of drug-likeness (QED) is 0.797. The van der Waals surface area contributed by atoms with E-state index in [-0.39, 0.29) is 11.2 Å². The lowest BCUT2D eigenvalue weighted by molar-refractivity contribution is 0.485. The summed E-state index contributed by atoms with van der Waals surface area (Å²) in [7, 11) is 3.19. The smallest absolute Gasteiger partial charge is 0.332 e. The van der Waals surface area contributed by atoms with E-state index in [2.05, 4.69) is 16.8 Å². The van der Waals surface area contributed by atoms with Crippen LogP contribution in [0.2, 0.25) is 0 Å². The van der Waals surface area contributed by atoms with Crippen LogP contribution >= 0.6 is 0 Å². The summed E-state index contributed by atoms with van der Waals surface area (Å²) >= 11 is 0. The molecule has 0 aliphatic carbocycles. The zero-order chi connectivity index (χ0) is 16.0. The Bertz CT molecular complexity index is 850. The van der Waals surface area contributed by atoms with Crippen molar-refractivity contribution < 1.29 is 0 Å². The minimum atomic E-state index is -0.341. The van der Waals surface area contributed by atoms with E-state index < -0.39 is 0 Å². The van der Waals surface area contributed by atoms with E-state index in [9.17, 15) is 9.59 Å².